The summed E-state index contributed by atoms with van der Waals surface area (Å²) in [6.07, 6.45) is 4.00. The third-order valence-corrected chi connectivity index (χ3v) is 4.88. The Morgan fingerprint density at radius 1 is 1.26 bits per heavy atom. The fourth-order valence-electron chi connectivity index (χ4n) is 3.35. The van der Waals surface area contributed by atoms with Crippen molar-refractivity contribution in [2.45, 2.75) is 32.2 Å². The highest BCUT2D eigenvalue weighted by Gasteiger charge is 2.31. The fourth-order valence-corrected chi connectivity index (χ4v) is 3.35. The topological polar surface area (TPSA) is 99.8 Å². The second-order valence-corrected chi connectivity index (χ2v) is 7.64. The van der Waals surface area contributed by atoms with Crippen LogP contribution >= 0.6 is 0 Å². The molecular formula is C20H29N5O2. The number of carbonyl (C=O) groups excluding carboxylic acids is 2. The second kappa shape index (κ2) is 9.43. The quantitative estimate of drug-likeness (QED) is 0.364. The monoisotopic (exact) mass is 371 g/mol. The van der Waals surface area contributed by atoms with Crippen LogP contribution in [0.5, 0.6) is 0 Å². The highest BCUT2D eigenvalue weighted by Crippen LogP contribution is 2.28. The number of amidine groups is 1. The van der Waals surface area contributed by atoms with Crippen molar-refractivity contribution in [3.63, 3.8) is 0 Å². The van der Waals surface area contributed by atoms with Crippen molar-refractivity contribution in [1.29, 1.82) is 0 Å². The first-order valence-electron chi connectivity index (χ1n) is 9.09. The van der Waals surface area contributed by atoms with E-state index < -0.39 is 0 Å². The molecule has 1 unspecified atom stereocenters. The zero-order valence-electron chi connectivity index (χ0n) is 16.2. The van der Waals surface area contributed by atoms with Gasteiger partial charge in [0.25, 0.3) is 0 Å². The summed E-state index contributed by atoms with van der Waals surface area (Å²) < 4.78 is 0. The van der Waals surface area contributed by atoms with Crippen LogP contribution in [0.2, 0.25) is 0 Å². The predicted octanol–water partition coefficient (Wildman–Crippen LogP) is 1.28. The summed E-state index contributed by atoms with van der Waals surface area (Å²) in [4.78, 5) is 27.8. The van der Waals surface area contributed by atoms with Gasteiger partial charge in [-0.15, -0.1) is 0 Å². The minimum Gasteiger partial charge on any atom is -0.335 e. The van der Waals surface area contributed by atoms with Gasteiger partial charge in [0.15, 0.2) is 0 Å². The molecule has 0 radical (unpaired) electrons. The van der Waals surface area contributed by atoms with Crippen LogP contribution in [0.3, 0.4) is 0 Å². The van der Waals surface area contributed by atoms with E-state index in [1.165, 1.54) is 17.8 Å². The van der Waals surface area contributed by atoms with E-state index >= 15 is 0 Å². The second-order valence-electron chi connectivity index (χ2n) is 7.64. The van der Waals surface area contributed by atoms with Crippen LogP contribution in [-0.2, 0) is 15.0 Å². The van der Waals surface area contributed by atoms with Gasteiger partial charge in [0.2, 0.25) is 12.8 Å². The van der Waals surface area contributed by atoms with Crippen molar-refractivity contribution in [3.05, 3.63) is 42.1 Å². The van der Waals surface area contributed by atoms with E-state index in [-0.39, 0.29) is 11.5 Å². The Morgan fingerprint density at radius 2 is 1.96 bits per heavy atom. The molecule has 2 amide bonds. The van der Waals surface area contributed by atoms with Gasteiger partial charge in [0.05, 0.1) is 5.69 Å². The zero-order chi connectivity index (χ0) is 19.9. The van der Waals surface area contributed by atoms with Gasteiger partial charge in [-0.25, -0.2) is 4.99 Å². The van der Waals surface area contributed by atoms with Gasteiger partial charge < -0.3 is 21.3 Å². The number of aliphatic imine (C=N–C) groups is 1. The van der Waals surface area contributed by atoms with Crippen molar-refractivity contribution in [3.8, 4) is 0 Å². The number of nitrogens with zero attached hydrogens (tertiary/aromatic N) is 2. The Labute approximate surface area is 160 Å². The molecule has 4 N–H and O–H groups in total. The average Bonchev–Trinajstić information content (AvgIpc) is 2.92. The number of hydrogen-bond donors (Lipinski definition) is 3. The molecule has 0 saturated carbocycles. The average molecular weight is 371 g/mol. The molecule has 1 aromatic carbocycles. The van der Waals surface area contributed by atoms with Crippen LogP contribution in [-0.4, -0.2) is 49.2 Å². The van der Waals surface area contributed by atoms with Crippen molar-refractivity contribution in [2.24, 2.45) is 16.6 Å². The number of likely N-dealkylation sites (tertiary alicyclic amines) is 1. The van der Waals surface area contributed by atoms with Gasteiger partial charge in [-0.05, 0) is 29.7 Å². The summed E-state index contributed by atoms with van der Waals surface area (Å²) in [5.74, 6) is 0.870. The maximum Gasteiger partial charge on any atom is 0.212 e. The van der Waals surface area contributed by atoms with Crippen LogP contribution in [0, 0.1) is 5.92 Å². The molecule has 0 spiro atoms. The smallest absolute Gasteiger partial charge is 0.212 e. The first-order valence-corrected chi connectivity index (χ1v) is 9.09. The van der Waals surface area contributed by atoms with Crippen molar-refractivity contribution < 1.29 is 9.59 Å². The van der Waals surface area contributed by atoms with Crippen molar-refractivity contribution in [2.75, 3.05) is 19.6 Å². The number of nitrogens with two attached hydrogens (primary N) is 1. The molecule has 146 valence electrons. The van der Waals surface area contributed by atoms with Crippen molar-refractivity contribution in [1.82, 2.24) is 15.5 Å². The minimum absolute atomic E-state index is 0.0102. The summed E-state index contributed by atoms with van der Waals surface area (Å²) in [5.41, 5.74) is 8.07. The van der Waals surface area contributed by atoms with Gasteiger partial charge >= 0.3 is 0 Å². The van der Waals surface area contributed by atoms with Gasteiger partial charge in [-0.3, -0.25) is 9.59 Å². The Hall–Kier alpha value is -2.51. The van der Waals surface area contributed by atoms with Crippen LogP contribution < -0.4 is 16.4 Å². The normalized spacial score (nSPS) is 21.4. The molecule has 7 nitrogen and oxygen atoms in total. The maximum atomic E-state index is 10.7. The maximum absolute atomic E-state index is 10.7. The lowest BCUT2D eigenvalue weighted by Gasteiger charge is -2.31. The molecule has 27 heavy (non-hydrogen) atoms. The van der Waals surface area contributed by atoms with Crippen LogP contribution in [0.15, 0.2) is 41.5 Å². The van der Waals surface area contributed by atoms with E-state index in [4.69, 9.17) is 5.73 Å². The predicted molar refractivity (Wildman–Crippen MR) is 108 cm³/mol. The van der Waals surface area contributed by atoms with E-state index in [1.807, 2.05) is 12.1 Å². The number of carbonyl (C=O) groups is 2. The van der Waals surface area contributed by atoms with E-state index in [2.05, 4.69) is 53.4 Å². The Kier molecular flexibility index (Phi) is 7.27. The van der Waals surface area contributed by atoms with Crippen LogP contribution in [0.1, 0.15) is 26.3 Å². The van der Waals surface area contributed by atoms with Crippen LogP contribution in [0.25, 0.3) is 0 Å². The fraction of sp³-hybridized carbons (Fsp3) is 0.450. The molecule has 7 heteroatoms. The number of hydrogen-bond acceptors (Lipinski definition) is 5. The lowest BCUT2D eigenvalue weighted by atomic mass is 9.84. The first kappa shape index (κ1) is 20.8. The summed E-state index contributed by atoms with van der Waals surface area (Å²) in [6, 6.07) is 8.21. The molecule has 2 atom stereocenters. The molecule has 1 fully saturated rings. The molecule has 0 aliphatic carbocycles. The van der Waals surface area contributed by atoms with Crippen LogP contribution in [0.4, 0.5) is 5.69 Å². The van der Waals surface area contributed by atoms with Crippen molar-refractivity contribution >= 4 is 24.3 Å². The number of benzene rings is 1. The molecule has 0 bridgehead atoms. The van der Waals surface area contributed by atoms with Gasteiger partial charge in [-0.1, -0.05) is 32.9 Å². The molecule has 1 heterocycles. The van der Waals surface area contributed by atoms with Gasteiger partial charge in [0.1, 0.15) is 5.84 Å². The number of rotatable bonds is 8. The van der Waals surface area contributed by atoms with E-state index in [0.29, 0.717) is 30.3 Å². The Morgan fingerprint density at radius 3 is 2.52 bits per heavy atom. The Balaban J connectivity index is 2.09. The summed E-state index contributed by atoms with van der Waals surface area (Å²) in [5, 5.41) is 4.88. The number of nitrogens with one attached hydrogen (secondary N) is 2. The highest BCUT2D eigenvalue weighted by molar-refractivity contribution is 6.00. The third-order valence-electron chi connectivity index (χ3n) is 4.88. The lowest BCUT2D eigenvalue weighted by molar-refractivity contribution is -0.109. The first-order chi connectivity index (χ1) is 12.9. The Bertz CT molecular complexity index is 687. The van der Waals surface area contributed by atoms with E-state index in [0.717, 1.165) is 19.6 Å². The third kappa shape index (κ3) is 6.01. The summed E-state index contributed by atoms with van der Waals surface area (Å²) in [7, 11) is 0. The SMILES string of the molecule is CC1CN(CC(C)(C)c2ccc(N=C(/C=C\NC=O)NC=O)cc2)C[C@H]1N. The molecule has 2 rings (SSSR count). The summed E-state index contributed by atoms with van der Waals surface area (Å²) in [6.45, 7) is 9.59. The molecule has 1 aromatic rings. The zero-order valence-corrected chi connectivity index (χ0v) is 16.2. The minimum atomic E-state index is -0.0102. The van der Waals surface area contributed by atoms with E-state index in [1.54, 1.807) is 0 Å². The molecule has 1 aliphatic rings. The molecule has 1 saturated heterocycles. The standard InChI is InChI=1S/C20H29N5O2/c1-15-10-25(11-18(15)21)12-20(2,3)16-4-6-17(7-5-16)24-19(23-14-27)8-9-22-13-26/h4-9,13-15,18H,10-12,21H2,1-3H3,(H,22,26)(H,23,24,27)/b9-8-/t15?,18-/m1/s1. The summed E-state index contributed by atoms with van der Waals surface area (Å²) >= 11 is 0. The lowest BCUT2D eigenvalue weighted by Crippen LogP contribution is -2.37. The number of amides is 2. The largest absolute Gasteiger partial charge is 0.335 e. The van der Waals surface area contributed by atoms with Gasteiger partial charge in [-0.2, -0.15) is 0 Å². The molecule has 1 aliphatic heterocycles. The molecular weight excluding hydrogens is 342 g/mol. The van der Waals surface area contributed by atoms with E-state index in [9.17, 15) is 9.59 Å². The highest BCUT2D eigenvalue weighted by atomic mass is 16.1. The molecule has 0 aromatic heterocycles. The van der Waals surface area contributed by atoms with Gasteiger partial charge in [0, 0.05) is 37.3 Å².